The number of aliphatic hydroxyl groups is 1. The number of nitrogens with one attached hydrogen (secondary N) is 1. The van der Waals surface area contributed by atoms with Crippen molar-refractivity contribution in [3.63, 3.8) is 0 Å². The number of carbonyl (C=O) groups excluding carboxylic acids is 1. The fourth-order valence-corrected chi connectivity index (χ4v) is 3.26. The zero-order valence-corrected chi connectivity index (χ0v) is 13.7. The summed E-state index contributed by atoms with van der Waals surface area (Å²) in [7, 11) is 0. The first-order valence-electron chi connectivity index (χ1n) is 8.44. The molecule has 1 aliphatic heterocycles. The van der Waals surface area contributed by atoms with E-state index in [0.29, 0.717) is 12.5 Å². The Morgan fingerprint density at radius 1 is 1.32 bits per heavy atom. The number of aliphatic hydroxyl groups excluding tert-OH is 1. The van der Waals surface area contributed by atoms with Gasteiger partial charge in [0.1, 0.15) is 0 Å². The summed E-state index contributed by atoms with van der Waals surface area (Å²) >= 11 is 0. The lowest BCUT2D eigenvalue weighted by atomic mass is 9.89. The Balaban J connectivity index is 2.10. The number of hydrogen-bond donors (Lipinski definition) is 2. The molecule has 2 unspecified atom stereocenters. The van der Waals surface area contributed by atoms with Crippen LogP contribution in [-0.4, -0.2) is 35.2 Å². The molecule has 1 fully saturated rings. The first-order valence-corrected chi connectivity index (χ1v) is 8.44. The SMILES string of the molecule is CCC(CC)C(NC(=O)N1CCCC(O)C1)c1ccccc1. The summed E-state index contributed by atoms with van der Waals surface area (Å²) in [5.74, 6) is 0.418. The minimum absolute atomic E-state index is 0.0303. The summed E-state index contributed by atoms with van der Waals surface area (Å²) in [6.45, 7) is 5.51. The van der Waals surface area contributed by atoms with Crippen LogP contribution in [0.3, 0.4) is 0 Å². The van der Waals surface area contributed by atoms with Crippen molar-refractivity contribution in [1.82, 2.24) is 10.2 Å². The lowest BCUT2D eigenvalue weighted by Gasteiger charge is -2.34. The second kappa shape index (κ2) is 8.18. The molecule has 4 nitrogen and oxygen atoms in total. The predicted octanol–water partition coefficient (Wildman–Crippen LogP) is 3.33. The van der Waals surface area contributed by atoms with Crippen molar-refractivity contribution in [2.24, 2.45) is 5.92 Å². The minimum Gasteiger partial charge on any atom is -0.391 e. The number of likely N-dealkylation sites (tertiary alicyclic amines) is 1. The first-order chi connectivity index (χ1) is 10.7. The van der Waals surface area contributed by atoms with Gasteiger partial charge in [0.05, 0.1) is 12.1 Å². The second-order valence-electron chi connectivity index (χ2n) is 6.16. The highest BCUT2D eigenvalue weighted by Gasteiger charge is 2.27. The number of urea groups is 1. The van der Waals surface area contributed by atoms with Gasteiger partial charge < -0.3 is 15.3 Å². The Morgan fingerprint density at radius 2 is 2.00 bits per heavy atom. The summed E-state index contributed by atoms with van der Waals surface area (Å²) in [5.41, 5.74) is 1.15. The number of nitrogens with zero attached hydrogens (tertiary/aromatic N) is 1. The second-order valence-corrected chi connectivity index (χ2v) is 6.16. The molecule has 1 aliphatic rings. The summed E-state index contributed by atoms with van der Waals surface area (Å²) in [4.78, 5) is 14.3. The molecule has 22 heavy (non-hydrogen) atoms. The molecule has 4 heteroatoms. The number of rotatable bonds is 5. The molecule has 0 radical (unpaired) electrons. The van der Waals surface area contributed by atoms with Crippen molar-refractivity contribution >= 4 is 6.03 Å². The smallest absolute Gasteiger partial charge is 0.317 e. The molecule has 1 aromatic carbocycles. The van der Waals surface area contributed by atoms with E-state index in [4.69, 9.17) is 0 Å². The van der Waals surface area contributed by atoms with Gasteiger partial charge in [-0.3, -0.25) is 0 Å². The zero-order chi connectivity index (χ0) is 15.9. The maximum absolute atomic E-state index is 12.6. The van der Waals surface area contributed by atoms with Crippen LogP contribution >= 0.6 is 0 Å². The predicted molar refractivity (Wildman–Crippen MR) is 88.6 cm³/mol. The van der Waals surface area contributed by atoms with Crippen molar-refractivity contribution in [3.8, 4) is 0 Å². The van der Waals surface area contributed by atoms with E-state index in [1.54, 1.807) is 4.90 Å². The molecule has 2 atom stereocenters. The van der Waals surface area contributed by atoms with Crippen LogP contribution in [0.25, 0.3) is 0 Å². The fourth-order valence-electron chi connectivity index (χ4n) is 3.26. The van der Waals surface area contributed by atoms with Gasteiger partial charge in [0.2, 0.25) is 0 Å². The van der Waals surface area contributed by atoms with E-state index in [1.807, 2.05) is 18.2 Å². The lowest BCUT2D eigenvalue weighted by molar-refractivity contribution is 0.0823. The Morgan fingerprint density at radius 3 is 2.59 bits per heavy atom. The Hall–Kier alpha value is -1.55. The van der Waals surface area contributed by atoms with Gasteiger partial charge in [-0.2, -0.15) is 0 Å². The van der Waals surface area contributed by atoms with Gasteiger partial charge in [-0.25, -0.2) is 4.79 Å². The average Bonchev–Trinajstić information content (AvgIpc) is 2.55. The molecule has 2 N–H and O–H groups in total. The summed E-state index contributed by atoms with van der Waals surface area (Å²) in [5, 5.41) is 13.0. The van der Waals surface area contributed by atoms with Crippen LogP contribution in [0.4, 0.5) is 4.79 Å². The minimum atomic E-state index is -0.386. The Labute approximate surface area is 133 Å². The van der Waals surface area contributed by atoms with Crippen LogP contribution in [0.15, 0.2) is 30.3 Å². The summed E-state index contributed by atoms with van der Waals surface area (Å²) in [6.07, 6.45) is 3.33. The van der Waals surface area contributed by atoms with E-state index in [-0.39, 0.29) is 18.2 Å². The quantitative estimate of drug-likeness (QED) is 0.876. The van der Waals surface area contributed by atoms with E-state index in [9.17, 15) is 9.90 Å². The Kier molecular flexibility index (Phi) is 6.25. The van der Waals surface area contributed by atoms with Crippen LogP contribution in [0.1, 0.15) is 51.1 Å². The fraction of sp³-hybridized carbons (Fsp3) is 0.611. The number of piperidine rings is 1. The summed E-state index contributed by atoms with van der Waals surface area (Å²) < 4.78 is 0. The molecule has 1 aromatic rings. The third kappa shape index (κ3) is 4.23. The summed E-state index contributed by atoms with van der Waals surface area (Å²) in [6, 6.07) is 10.2. The van der Waals surface area contributed by atoms with E-state index in [0.717, 1.165) is 37.8 Å². The molecular formula is C18H28N2O2. The topological polar surface area (TPSA) is 52.6 Å². The maximum Gasteiger partial charge on any atom is 0.317 e. The largest absolute Gasteiger partial charge is 0.391 e. The number of β-amino-alcohol motifs (C(OH)–C–C–N with tert-alkyl or cyclic N) is 1. The molecule has 1 heterocycles. The van der Waals surface area contributed by atoms with Crippen molar-refractivity contribution in [3.05, 3.63) is 35.9 Å². The molecule has 122 valence electrons. The van der Waals surface area contributed by atoms with E-state index in [1.165, 1.54) is 0 Å². The van der Waals surface area contributed by atoms with Crippen LogP contribution < -0.4 is 5.32 Å². The number of carbonyl (C=O) groups is 1. The van der Waals surface area contributed by atoms with E-state index >= 15 is 0 Å². The normalized spacial score (nSPS) is 20.0. The number of benzene rings is 1. The van der Waals surface area contributed by atoms with Gasteiger partial charge in [0, 0.05) is 13.1 Å². The monoisotopic (exact) mass is 304 g/mol. The van der Waals surface area contributed by atoms with Gasteiger partial charge >= 0.3 is 6.03 Å². The van der Waals surface area contributed by atoms with Gasteiger partial charge in [-0.1, -0.05) is 57.0 Å². The van der Waals surface area contributed by atoms with Crippen molar-refractivity contribution in [2.75, 3.05) is 13.1 Å². The third-order valence-electron chi connectivity index (χ3n) is 4.64. The van der Waals surface area contributed by atoms with Crippen molar-refractivity contribution in [2.45, 2.75) is 51.7 Å². The highest BCUT2D eigenvalue weighted by molar-refractivity contribution is 5.75. The van der Waals surface area contributed by atoms with Crippen molar-refractivity contribution < 1.29 is 9.90 Å². The molecule has 0 aromatic heterocycles. The maximum atomic E-state index is 12.6. The average molecular weight is 304 g/mol. The molecule has 0 spiro atoms. The number of amides is 2. The van der Waals surface area contributed by atoms with E-state index in [2.05, 4.69) is 31.3 Å². The first kappa shape index (κ1) is 16.8. The lowest BCUT2D eigenvalue weighted by Crippen LogP contribution is -2.48. The van der Waals surface area contributed by atoms with Gasteiger partial charge in [-0.05, 0) is 24.3 Å². The molecule has 1 saturated heterocycles. The van der Waals surface area contributed by atoms with Crippen molar-refractivity contribution in [1.29, 1.82) is 0 Å². The van der Waals surface area contributed by atoms with E-state index < -0.39 is 0 Å². The van der Waals surface area contributed by atoms with Crippen LogP contribution in [0.2, 0.25) is 0 Å². The molecule has 0 saturated carbocycles. The Bertz CT molecular complexity index is 459. The van der Waals surface area contributed by atoms with Crippen LogP contribution in [0, 0.1) is 5.92 Å². The van der Waals surface area contributed by atoms with Gasteiger partial charge in [0.25, 0.3) is 0 Å². The highest BCUT2D eigenvalue weighted by Crippen LogP contribution is 2.27. The highest BCUT2D eigenvalue weighted by atomic mass is 16.3. The third-order valence-corrected chi connectivity index (χ3v) is 4.64. The molecule has 0 aliphatic carbocycles. The molecule has 0 bridgehead atoms. The standard InChI is InChI=1S/C18H28N2O2/c1-3-14(4-2)17(15-9-6-5-7-10-15)19-18(22)20-12-8-11-16(21)13-20/h5-7,9-10,14,16-17,21H,3-4,8,11-13H2,1-2H3,(H,19,22). The van der Waals surface area contributed by atoms with Crippen LogP contribution in [0.5, 0.6) is 0 Å². The molecule has 2 rings (SSSR count). The van der Waals surface area contributed by atoms with Crippen LogP contribution in [-0.2, 0) is 0 Å². The zero-order valence-electron chi connectivity index (χ0n) is 13.7. The van der Waals surface area contributed by atoms with Gasteiger partial charge in [-0.15, -0.1) is 0 Å². The molecule has 2 amide bonds. The molecular weight excluding hydrogens is 276 g/mol. The van der Waals surface area contributed by atoms with Gasteiger partial charge in [0.15, 0.2) is 0 Å². The number of hydrogen-bond acceptors (Lipinski definition) is 2.